The summed E-state index contributed by atoms with van der Waals surface area (Å²) in [4.78, 5) is 12.4. The van der Waals surface area contributed by atoms with Crippen LogP contribution < -0.4 is 5.73 Å². The molecule has 18 heavy (non-hydrogen) atoms. The van der Waals surface area contributed by atoms with Crippen LogP contribution in [-0.2, 0) is 0 Å². The Kier molecular flexibility index (Phi) is 3.53. The van der Waals surface area contributed by atoms with Gasteiger partial charge in [-0.05, 0) is 59.6 Å². The number of rotatable bonds is 2. The van der Waals surface area contributed by atoms with E-state index in [0.29, 0.717) is 11.3 Å². The van der Waals surface area contributed by atoms with Crippen LogP contribution in [0.3, 0.4) is 0 Å². The van der Waals surface area contributed by atoms with E-state index in [2.05, 4.69) is 15.9 Å². The molecule has 0 atom stereocenters. The standard InChI is InChI=1S/C15H14BrNO/c1-9-3-4-10(2)12(7-9)15(18)11-5-6-13(16)14(17)8-11/h3-8H,17H2,1-2H3. The smallest absolute Gasteiger partial charge is 0.193 e. The van der Waals surface area contributed by atoms with Gasteiger partial charge in [0.2, 0.25) is 0 Å². The maximum atomic E-state index is 12.4. The number of ketones is 1. The van der Waals surface area contributed by atoms with Crippen molar-refractivity contribution in [3.63, 3.8) is 0 Å². The number of benzene rings is 2. The first-order valence-corrected chi connectivity index (χ1v) is 6.45. The first-order chi connectivity index (χ1) is 8.49. The normalized spacial score (nSPS) is 10.4. The first-order valence-electron chi connectivity index (χ1n) is 5.66. The molecule has 2 rings (SSSR count). The predicted molar refractivity (Wildman–Crippen MR) is 77.9 cm³/mol. The van der Waals surface area contributed by atoms with Crippen molar-refractivity contribution in [1.29, 1.82) is 0 Å². The summed E-state index contributed by atoms with van der Waals surface area (Å²) in [5, 5.41) is 0. The number of nitrogen functional groups attached to an aromatic ring is 1. The lowest BCUT2D eigenvalue weighted by molar-refractivity contribution is 0.103. The number of hydrogen-bond donors (Lipinski definition) is 1. The predicted octanol–water partition coefficient (Wildman–Crippen LogP) is 3.88. The zero-order valence-corrected chi connectivity index (χ0v) is 11.9. The third kappa shape index (κ3) is 2.46. The fraction of sp³-hybridized carbons (Fsp3) is 0.133. The van der Waals surface area contributed by atoms with Crippen LogP contribution in [0.15, 0.2) is 40.9 Å². The molecule has 0 aliphatic carbocycles. The van der Waals surface area contributed by atoms with Gasteiger partial charge in [0.25, 0.3) is 0 Å². The highest BCUT2D eigenvalue weighted by atomic mass is 79.9. The van der Waals surface area contributed by atoms with Crippen LogP contribution in [0.2, 0.25) is 0 Å². The number of hydrogen-bond acceptors (Lipinski definition) is 2. The molecule has 2 nitrogen and oxygen atoms in total. The minimum absolute atomic E-state index is 0.00963. The van der Waals surface area contributed by atoms with Crippen LogP contribution in [0.5, 0.6) is 0 Å². The van der Waals surface area contributed by atoms with Crippen LogP contribution in [-0.4, -0.2) is 5.78 Å². The molecule has 0 aromatic heterocycles. The van der Waals surface area contributed by atoms with Gasteiger partial charge in [0, 0.05) is 21.3 Å². The van der Waals surface area contributed by atoms with E-state index in [-0.39, 0.29) is 5.78 Å². The van der Waals surface area contributed by atoms with Crippen molar-refractivity contribution in [3.05, 3.63) is 63.1 Å². The topological polar surface area (TPSA) is 43.1 Å². The van der Waals surface area contributed by atoms with Crippen LogP contribution in [0, 0.1) is 13.8 Å². The molecule has 2 aromatic rings. The van der Waals surface area contributed by atoms with Gasteiger partial charge in [-0.1, -0.05) is 17.7 Å². The fourth-order valence-electron chi connectivity index (χ4n) is 1.82. The van der Waals surface area contributed by atoms with E-state index in [1.165, 1.54) is 0 Å². The van der Waals surface area contributed by atoms with Crippen molar-refractivity contribution >= 4 is 27.4 Å². The lowest BCUT2D eigenvalue weighted by Crippen LogP contribution is -2.05. The van der Waals surface area contributed by atoms with Crippen LogP contribution in [0.1, 0.15) is 27.0 Å². The Morgan fingerprint density at radius 3 is 2.50 bits per heavy atom. The van der Waals surface area contributed by atoms with Crippen molar-refractivity contribution in [2.24, 2.45) is 0 Å². The Morgan fingerprint density at radius 1 is 1.11 bits per heavy atom. The number of anilines is 1. The van der Waals surface area contributed by atoms with E-state index in [9.17, 15) is 4.79 Å². The minimum Gasteiger partial charge on any atom is -0.398 e. The van der Waals surface area contributed by atoms with Gasteiger partial charge in [-0.3, -0.25) is 4.79 Å². The molecule has 0 spiro atoms. The van der Waals surface area contributed by atoms with Gasteiger partial charge in [0.05, 0.1) is 0 Å². The monoisotopic (exact) mass is 303 g/mol. The zero-order chi connectivity index (χ0) is 13.3. The third-order valence-corrected chi connectivity index (χ3v) is 3.62. The summed E-state index contributed by atoms with van der Waals surface area (Å²) in [6, 6.07) is 11.2. The second-order valence-electron chi connectivity index (χ2n) is 4.38. The molecule has 0 radical (unpaired) electrons. The maximum absolute atomic E-state index is 12.4. The first kappa shape index (κ1) is 12.8. The highest BCUT2D eigenvalue weighted by molar-refractivity contribution is 9.10. The molecule has 0 fully saturated rings. The van der Waals surface area contributed by atoms with Crippen LogP contribution in [0.25, 0.3) is 0 Å². The van der Waals surface area contributed by atoms with Gasteiger partial charge < -0.3 is 5.73 Å². The average Bonchev–Trinajstić information content (AvgIpc) is 2.35. The van der Waals surface area contributed by atoms with Gasteiger partial charge in [0.15, 0.2) is 5.78 Å². The maximum Gasteiger partial charge on any atom is 0.193 e. The summed E-state index contributed by atoms with van der Waals surface area (Å²) in [5.74, 6) is 0.00963. The van der Waals surface area contributed by atoms with Gasteiger partial charge >= 0.3 is 0 Å². The molecule has 0 aliphatic heterocycles. The summed E-state index contributed by atoms with van der Waals surface area (Å²) in [7, 11) is 0. The summed E-state index contributed by atoms with van der Waals surface area (Å²) < 4.78 is 0.806. The molecule has 2 N–H and O–H groups in total. The Bertz CT molecular complexity index is 620. The Labute approximate surface area is 115 Å². The van der Waals surface area contributed by atoms with Crippen molar-refractivity contribution in [2.75, 3.05) is 5.73 Å². The number of carbonyl (C=O) groups excluding carboxylic acids is 1. The van der Waals surface area contributed by atoms with Gasteiger partial charge in [0.1, 0.15) is 0 Å². The molecule has 0 saturated carbocycles. The second-order valence-corrected chi connectivity index (χ2v) is 5.24. The van der Waals surface area contributed by atoms with E-state index < -0.39 is 0 Å². The SMILES string of the molecule is Cc1ccc(C)c(C(=O)c2ccc(Br)c(N)c2)c1. The summed E-state index contributed by atoms with van der Waals surface area (Å²) in [6.07, 6.45) is 0. The number of halogens is 1. The fourth-order valence-corrected chi connectivity index (χ4v) is 2.07. The minimum atomic E-state index is 0.00963. The molecule has 92 valence electrons. The van der Waals surface area contributed by atoms with E-state index in [4.69, 9.17) is 5.73 Å². The Morgan fingerprint density at radius 2 is 1.83 bits per heavy atom. The molecule has 2 aromatic carbocycles. The Balaban J connectivity index is 2.47. The summed E-state index contributed by atoms with van der Waals surface area (Å²) in [5.41, 5.74) is 9.79. The van der Waals surface area contributed by atoms with Crippen molar-refractivity contribution < 1.29 is 4.79 Å². The van der Waals surface area contributed by atoms with Gasteiger partial charge in [-0.2, -0.15) is 0 Å². The average molecular weight is 304 g/mol. The van der Waals surface area contributed by atoms with Gasteiger partial charge in [-0.15, -0.1) is 0 Å². The lowest BCUT2D eigenvalue weighted by Gasteiger charge is -2.07. The molecule has 0 amide bonds. The highest BCUT2D eigenvalue weighted by Crippen LogP contribution is 2.23. The molecule has 0 unspecified atom stereocenters. The van der Waals surface area contributed by atoms with E-state index >= 15 is 0 Å². The molecular weight excluding hydrogens is 290 g/mol. The molecule has 0 bridgehead atoms. The lowest BCUT2D eigenvalue weighted by atomic mass is 9.97. The molecule has 3 heteroatoms. The zero-order valence-electron chi connectivity index (χ0n) is 10.3. The number of aryl methyl sites for hydroxylation is 2. The quantitative estimate of drug-likeness (QED) is 0.676. The van der Waals surface area contributed by atoms with Gasteiger partial charge in [-0.25, -0.2) is 0 Å². The highest BCUT2D eigenvalue weighted by Gasteiger charge is 2.12. The van der Waals surface area contributed by atoms with Crippen molar-refractivity contribution in [1.82, 2.24) is 0 Å². The van der Waals surface area contributed by atoms with E-state index in [1.54, 1.807) is 18.2 Å². The molecule has 0 aliphatic rings. The molecule has 0 saturated heterocycles. The number of carbonyl (C=O) groups is 1. The van der Waals surface area contributed by atoms with Crippen molar-refractivity contribution in [2.45, 2.75) is 13.8 Å². The summed E-state index contributed by atoms with van der Waals surface area (Å²) in [6.45, 7) is 3.92. The summed E-state index contributed by atoms with van der Waals surface area (Å²) >= 11 is 3.32. The Hall–Kier alpha value is -1.61. The van der Waals surface area contributed by atoms with Crippen LogP contribution in [0.4, 0.5) is 5.69 Å². The number of nitrogens with two attached hydrogens (primary N) is 1. The third-order valence-electron chi connectivity index (χ3n) is 2.90. The largest absolute Gasteiger partial charge is 0.398 e. The van der Waals surface area contributed by atoms with Crippen LogP contribution >= 0.6 is 15.9 Å². The molecular formula is C15H14BrNO. The van der Waals surface area contributed by atoms with E-state index in [0.717, 1.165) is 21.2 Å². The van der Waals surface area contributed by atoms with Crippen molar-refractivity contribution in [3.8, 4) is 0 Å². The van der Waals surface area contributed by atoms with E-state index in [1.807, 2.05) is 32.0 Å². The molecule has 0 heterocycles. The second kappa shape index (κ2) is 4.94.